The second-order valence-corrected chi connectivity index (χ2v) is 6.03. The van der Waals surface area contributed by atoms with E-state index in [4.69, 9.17) is 4.42 Å². The molecule has 0 spiro atoms. The van der Waals surface area contributed by atoms with Crippen LogP contribution in [0.1, 0.15) is 35.8 Å². The van der Waals surface area contributed by atoms with Crippen molar-refractivity contribution >= 4 is 11.0 Å². The van der Waals surface area contributed by atoms with Gasteiger partial charge >= 0.3 is 0 Å². The van der Waals surface area contributed by atoms with Gasteiger partial charge in [0.15, 0.2) is 0 Å². The molecule has 4 rings (SSSR count). The number of benzene rings is 1. The van der Waals surface area contributed by atoms with Crippen molar-refractivity contribution in [2.75, 3.05) is 13.1 Å². The van der Waals surface area contributed by atoms with Crippen molar-refractivity contribution in [2.45, 2.75) is 32.2 Å². The minimum absolute atomic E-state index is 0.485. The summed E-state index contributed by atoms with van der Waals surface area (Å²) in [5.74, 6) is 1.44. The molecule has 1 atom stereocenters. The van der Waals surface area contributed by atoms with Gasteiger partial charge in [-0.15, -0.1) is 5.10 Å². The van der Waals surface area contributed by atoms with Crippen molar-refractivity contribution in [2.24, 2.45) is 0 Å². The molecule has 1 aliphatic rings. The molecule has 3 aromatic rings. The minimum Gasteiger partial charge on any atom is -0.459 e. The number of aromatic nitrogens is 3. The molecule has 3 heterocycles. The summed E-state index contributed by atoms with van der Waals surface area (Å²) >= 11 is 0. The number of hydrogen-bond acceptors (Lipinski definition) is 4. The largest absolute Gasteiger partial charge is 0.459 e. The maximum absolute atomic E-state index is 5.96. The lowest BCUT2D eigenvalue weighted by Crippen LogP contribution is -2.28. The Kier molecular flexibility index (Phi) is 3.42. The first kappa shape index (κ1) is 13.5. The molecular weight excluding hydrogens is 276 g/mol. The van der Waals surface area contributed by atoms with E-state index in [-0.39, 0.29) is 0 Å². The Bertz CT molecular complexity index is 783. The zero-order valence-corrected chi connectivity index (χ0v) is 12.7. The summed E-state index contributed by atoms with van der Waals surface area (Å²) in [5.41, 5.74) is 3.21. The Labute approximate surface area is 129 Å². The van der Waals surface area contributed by atoms with Crippen molar-refractivity contribution in [1.29, 1.82) is 0 Å². The molecule has 0 amide bonds. The first-order chi connectivity index (χ1) is 10.8. The molecule has 1 fully saturated rings. The average molecular weight is 296 g/mol. The molecule has 0 aliphatic carbocycles. The van der Waals surface area contributed by atoms with Gasteiger partial charge in [-0.3, -0.25) is 0 Å². The summed E-state index contributed by atoms with van der Waals surface area (Å²) in [6, 6.07) is 8.14. The Morgan fingerprint density at radius 2 is 2.27 bits per heavy atom. The average Bonchev–Trinajstić information content (AvgIpc) is 3.15. The van der Waals surface area contributed by atoms with E-state index in [2.05, 4.69) is 34.8 Å². The number of rotatable bonds is 3. The van der Waals surface area contributed by atoms with Gasteiger partial charge in [-0.2, -0.15) is 0 Å². The lowest BCUT2D eigenvalue weighted by Gasteiger charge is -2.20. The van der Waals surface area contributed by atoms with Crippen LogP contribution in [-0.2, 0) is 6.54 Å². The topological polar surface area (TPSA) is 55.9 Å². The van der Waals surface area contributed by atoms with E-state index in [1.54, 1.807) is 0 Å². The smallest absolute Gasteiger partial charge is 0.134 e. The van der Waals surface area contributed by atoms with Gasteiger partial charge in [0.25, 0.3) is 0 Å². The molecule has 0 bridgehead atoms. The summed E-state index contributed by atoms with van der Waals surface area (Å²) in [5, 5.41) is 13.2. The summed E-state index contributed by atoms with van der Waals surface area (Å²) in [6.45, 7) is 4.85. The number of aryl methyl sites for hydroxylation is 1. The van der Waals surface area contributed by atoms with E-state index in [9.17, 15) is 0 Å². The highest BCUT2D eigenvalue weighted by Crippen LogP contribution is 2.26. The highest BCUT2D eigenvalue weighted by atomic mass is 16.3. The summed E-state index contributed by atoms with van der Waals surface area (Å²) in [6.07, 6.45) is 4.46. The molecule has 2 aromatic heterocycles. The highest BCUT2D eigenvalue weighted by molar-refractivity contribution is 5.81. The van der Waals surface area contributed by atoms with Crippen LogP contribution in [-0.4, -0.2) is 28.1 Å². The van der Waals surface area contributed by atoms with Crippen molar-refractivity contribution in [3.05, 3.63) is 47.5 Å². The molecule has 1 aliphatic heterocycles. The molecule has 114 valence electrons. The fourth-order valence-corrected chi connectivity index (χ4v) is 3.20. The molecule has 1 aromatic carbocycles. The van der Waals surface area contributed by atoms with Crippen LogP contribution in [0, 0.1) is 6.92 Å². The van der Waals surface area contributed by atoms with Gasteiger partial charge in [0.2, 0.25) is 0 Å². The van der Waals surface area contributed by atoms with Crippen LogP contribution in [0.15, 0.2) is 34.9 Å². The van der Waals surface area contributed by atoms with Crippen molar-refractivity contribution < 1.29 is 4.42 Å². The summed E-state index contributed by atoms with van der Waals surface area (Å²) in [7, 11) is 0. The molecule has 22 heavy (non-hydrogen) atoms. The highest BCUT2D eigenvalue weighted by Gasteiger charge is 2.19. The normalized spacial score (nSPS) is 18.9. The SMILES string of the molecule is Cc1c(Cn2cc([C@@H]3CCCNC3)nn2)oc2ccccc12. The number of para-hydroxylation sites is 1. The van der Waals surface area contributed by atoms with Crippen molar-refractivity contribution in [1.82, 2.24) is 20.3 Å². The Balaban J connectivity index is 1.57. The fourth-order valence-electron chi connectivity index (χ4n) is 3.20. The monoisotopic (exact) mass is 296 g/mol. The van der Waals surface area contributed by atoms with E-state index < -0.39 is 0 Å². The van der Waals surface area contributed by atoms with Gasteiger partial charge in [0.05, 0.1) is 5.69 Å². The number of hydrogen-bond donors (Lipinski definition) is 1. The van der Waals surface area contributed by atoms with Crippen LogP contribution in [0.5, 0.6) is 0 Å². The van der Waals surface area contributed by atoms with Gasteiger partial charge in [-0.25, -0.2) is 4.68 Å². The van der Waals surface area contributed by atoms with E-state index in [1.165, 1.54) is 23.8 Å². The van der Waals surface area contributed by atoms with Gasteiger partial charge in [0.1, 0.15) is 17.9 Å². The van der Waals surface area contributed by atoms with Crippen LogP contribution < -0.4 is 5.32 Å². The molecule has 1 saturated heterocycles. The second kappa shape index (κ2) is 5.57. The van der Waals surface area contributed by atoms with E-state index in [0.29, 0.717) is 12.5 Å². The Morgan fingerprint density at radius 3 is 3.09 bits per heavy atom. The second-order valence-electron chi connectivity index (χ2n) is 6.03. The van der Waals surface area contributed by atoms with Crippen molar-refractivity contribution in [3.8, 4) is 0 Å². The van der Waals surface area contributed by atoms with E-state index in [1.807, 2.05) is 22.9 Å². The first-order valence-electron chi connectivity index (χ1n) is 7.89. The quantitative estimate of drug-likeness (QED) is 0.807. The maximum atomic E-state index is 5.96. The van der Waals surface area contributed by atoms with Gasteiger partial charge in [-0.05, 0) is 32.4 Å². The molecule has 0 unspecified atom stereocenters. The summed E-state index contributed by atoms with van der Waals surface area (Å²) < 4.78 is 7.84. The molecule has 1 N–H and O–H groups in total. The van der Waals surface area contributed by atoms with Crippen LogP contribution in [0.25, 0.3) is 11.0 Å². The van der Waals surface area contributed by atoms with Gasteiger partial charge in [-0.1, -0.05) is 23.4 Å². The summed E-state index contributed by atoms with van der Waals surface area (Å²) in [4.78, 5) is 0. The third kappa shape index (κ3) is 2.41. The molecule has 5 heteroatoms. The zero-order chi connectivity index (χ0) is 14.9. The molecule has 5 nitrogen and oxygen atoms in total. The van der Waals surface area contributed by atoms with Crippen LogP contribution in [0.4, 0.5) is 0 Å². The third-order valence-corrected chi connectivity index (χ3v) is 4.52. The predicted molar refractivity (Wildman–Crippen MR) is 84.9 cm³/mol. The number of fused-ring (bicyclic) bond motifs is 1. The number of furan rings is 1. The van der Waals surface area contributed by atoms with Crippen LogP contribution in [0.3, 0.4) is 0 Å². The maximum Gasteiger partial charge on any atom is 0.134 e. The number of nitrogens with zero attached hydrogens (tertiary/aromatic N) is 3. The molecule has 0 saturated carbocycles. The van der Waals surface area contributed by atoms with E-state index >= 15 is 0 Å². The van der Waals surface area contributed by atoms with Gasteiger partial charge in [0, 0.05) is 29.6 Å². The predicted octanol–water partition coefficient (Wildman–Crippen LogP) is 2.85. The number of nitrogens with one attached hydrogen (secondary N) is 1. The van der Waals surface area contributed by atoms with Crippen LogP contribution in [0.2, 0.25) is 0 Å². The fraction of sp³-hybridized carbons (Fsp3) is 0.412. The lowest BCUT2D eigenvalue weighted by molar-refractivity contribution is 0.454. The van der Waals surface area contributed by atoms with Crippen molar-refractivity contribution in [3.63, 3.8) is 0 Å². The number of piperidine rings is 1. The Hall–Kier alpha value is -2.14. The lowest BCUT2D eigenvalue weighted by atomic mass is 9.97. The first-order valence-corrected chi connectivity index (χ1v) is 7.89. The zero-order valence-electron chi connectivity index (χ0n) is 12.7. The van der Waals surface area contributed by atoms with Gasteiger partial charge < -0.3 is 9.73 Å². The molecule has 0 radical (unpaired) electrons. The molecular formula is C17H20N4O. The minimum atomic E-state index is 0.485. The standard InChI is InChI=1S/C17H20N4O/c1-12-14-6-2-3-7-16(14)22-17(12)11-21-10-15(19-20-21)13-5-4-8-18-9-13/h2-3,6-7,10,13,18H,4-5,8-9,11H2,1H3/t13-/m1/s1. The van der Waals surface area contributed by atoms with E-state index in [0.717, 1.165) is 30.1 Å². The Morgan fingerprint density at radius 1 is 1.36 bits per heavy atom. The van der Waals surface area contributed by atoms with Crippen LogP contribution >= 0.6 is 0 Å². The third-order valence-electron chi connectivity index (χ3n) is 4.52.